The molecule has 0 amide bonds. The van der Waals surface area contributed by atoms with Crippen LogP contribution in [0.25, 0.3) is 33.5 Å². The molecular formula is C36H33N5O3. The number of aryl methyl sites for hydroxylation is 1. The van der Waals surface area contributed by atoms with Crippen LogP contribution in [0.4, 0.5) is 0 Å². The Morgan fingerprint density at radius 1 is 0.977 bits per heavy atom. The minimum Gasteiger partial charge on any atom is -0.489 e. The molecule has 1 unspecified atom stereocenters. The zero-order chi connectivity index (χ0) is 30.0. The fourth-order valence-electron chi connectivity index (χ4n) is 6.01. The van der Waals surface area contributed by atoms with Crippen LogP contribution in [0.2, 0.25) is 0 Å². The average Bonchev–Trinajstić information content (AvgIpc) is 3.65. The normalized spacial score (nSPS) is 14.4. The topological polar surface area (TPSA) is 105 Å². The van der Waals surface area contributed by atoms with Crippen LogP contribution in [0.15, 0.2) is 97.1 Å². The van der Waals surface area contributed by atoms with Gasteiger partial charge in [-0.2, -0.15) is 5.10 Å². The van der Waals surface area contributed by atoms with E-state index in [9.17, 15) is 9.90 Å². The number of aromatic amines is 1. The zero-order valence-corrected chi connectivity index (χ0v) is 24.5. The molecule has 4 aromatic carbocycles. The van der Waals surface area contributed by atoms with E-state index < -0.39 is 12.0 Å². The first-order chi connectivity index (χ1) is 21.6. The fourth-order valence-corrected chi connectivity index (χ4v) is 6.01. The molecule has 0 aliphatic carbocycles. The van der Waals surface area contributed by atoms with Gasteiger partial charge in [-0.15, -0.1) is 0 Å². The first-order valence-electron chi connectivity index (χ1n) is 14.9. The monoisotopic (exact) mass is 583 g/mol. The molecule has 8 heteroatoms. The molecule has 0 fully saturated rings. The largest absolute Gasteiger partial charge is 0.489 e. The molecular weight excluding hydrogens is 550 g/mol. The molecule has 0 saturated heterocycles. The van der Waals surface area contributed by atoms with Crippen molar-refractivity contribution >= 4 is 16.9 Å². The molecule has 44 heavy (non-hydrogen) atoms. The highest BCUT2D eigenvalue weighted by Gasteiger charge is 2.30. The Labute approximate surface area is 255 Å². The van der Waals surface area contributed by atoms with Crippen LogP contribution < -0.4 is 10.1 Å². The summed E-state index contributed by atoms with van der Waals surface area (Å²) in [4.78, 5) is 16.7. The molecule has 3 N–H and O–H groups in total. The molecule has 6 aromatic rings. The summed E-state index contributed by atoms with van der Waals surface area (Å²) >= 11 is 0. The first kappa shape index (κ1) is 27.6. The van der Waals surface area contributed by atoms with E-state index in [2.05, 4.69) is 76.5 Å². The second-order valence-corrected chi connectivity index (χ2v) is 11.2. The predicted octanol–water partition coefficient (Wildman–Crippen LogP) is 6.38. The third-order valence-electron chi connectivity index (χ3n) is 8.34. The van der Waals surface area contributed by atoms with Gasteiger partial charge in [-0.3, -0.25) is 15.2 Å². The summed E-state index contributed by atoms with van der Waals surface area (Å²) in [6, 6.07) is 32.4. The van der Waals surface area contributed by atoms with Gasteiger partial charge in [0.1, 0.15) is 24.1 Å². The number of aromatic nitrogens is 4. The molecule has 1 atom stereocenters. The molecule has 1 aliphatic rings. The summed E-state index contributed by atoms with van der Waals surface area (Å²) in [7, 11) is 0. The summed E-state index contributed by atoms with van der Waals surface area (Å²) in [6.07, 6.45) is 1.20. The SMILES string of the molecule is CCc1cc(OCc2ccccc2)ccc1-c1ccc2c(-c3nc4c(n3Cc3ccccc3)CNC(C(=O)O)C4)n[nH]c2c1. The van der Waals surface area contributed by atoms with E-state index in [4.69, 9.17) is 14.8 Å². The summed E-state index contributed by atoms with van der Waals surface area (Å²) in [5.74, 6) is 0.725. The number of fused-ring (bicyclic) bond motifs is 2. The molecule has 220 valence electrons. The van der Waals surface area contributed by atoms with E-state index in [-0.39, 0.29) is 0 Å². The molecule has 3 heterocycles. The van der Waals surface area contributed by atoms with Gasteiger partial charge in [0.15, 0.2) is 5.82 Å². The summed E-state index contributed by atoms with van der Waals surface area (Å²) in [6.45, 7) is 3.74. The number of carbonyl (C=O) groups is 1. The quantitative estimate of drug-likeness (QED) is 0.182. The van der Waals surface area contributed by atoms with Gasteiger partial charge in [0.2, 0.25) is 0 Å². The number of hydrogen-bond donors (Lipinski definition) is 3. The second kappa shape index (κ2) is 11.8. The number of carboxylic acids is 1. The third-order valence-corrected chi connectivity index (χ3v) is 8.34. The van der Waals surface area contributed by atoms with Crippen molar-refractivity contribution in [1.29, 1.82) is 0 Å². The van der Waals surface area contributed by atoms with Crippen LogP contribution >= 0.6 is 0 Å². The maximum atomic E-state index is 11.7. The van der Waals surface area contributed by atoms with Gasteiger partial charge in [0.05, 0.1) is 16.9 Å². The fraction of sp³-hybridized carbons (Fsp3) is 0.194. The Balaban J connectivity index is 1.22. The lowest BCUT2D eigenvalue weighted by molar-refractivity contribution is -0.139. The average molecular weight is 584 g/mol. The van der Waals surface area contributed by atoms with E-state index >= 15 is 0 Å². The number of nitrogens with one attached hydrogen (secondary N) is 2. The van der Waals surface area contributed by atoms with Crippen molar-refractivity contribution in [2.24, 2.45) is 0 Å². The number of carboxylic acid groups (broad SMARTS) is 1. The van der Waals surface area contributed by atoms with Gasteiger partial charge in [0.25, 0.3) is 0 Å². The van der Waals surface area contributed by atoms with Gasteiger partial charge < -0.3 is 14.4 Å². The van der Waals surface area contributed by atoms with Crippen LogP contribution in [-0.4, -0.2) is 36.9 Å². The molecule has 0 saturated carbocycles. The van der Waals surface area contributed by atoms with Gasteiger partial charge in [-0.1, -0.05) is 79.7 Å². The van der Waals surface area contributed by atoms with E-state index in [0.717, 1.165) is 68.2 Å². The van der Waals surface area contributed by atoms with Crippen molar-refractivity contribution in [3.8, 4) is 28.4 Å². The minimum absolute atomic E-state index is 0.330. The molecule has 2 aromatic heterocycles. The summed E-state index contributed by atoms with van der Waals surface area (Å²) in [5.41, 5.74) is 9.21. The molecule has 0 bridgehead atoms. The molecule has 0 radical (unpaired) electrons. The maximum absolute atomic E-state index is 11.7. The van der Waals surface area contributed by atoms with Crippen molar-refractivity contribution in [3.05, 3.63) is 125 Å². The first-order valence-corrected chi connectivity index (χ1v) is 14.9. The standard InChI is InChI=1S/C36H33N5O3/c1-2-25-17-27(44-22-24-11-7-4-8-12-24)14-16-28(25)26-13-15-29-30(18-26)39-40-34(29)35-38-31-19-32(36(42)43)37-20-33(31)41(35)21-23-9-5-3-6-10-23/h3-18,32,37H,2,19-22H2,1H3,(H,39,40)(H,42,43). The molecule has 1 aliphatic heterocycles. The zero-order valence-electron chi connectivity index (χ0n) is 24.5. The van der Waals surface area contributed by atoms with Gasteiger partial charge in [0, 0.05) is 24.9 Å². The number of nitrogens with zero attached hydrogens (tertiary/aromatic N) is 3. The number of rotatable bonds is 9. The molecule has 0 spiro atoms. The van der Waals surface area contributed by atoms with Crippen LogP contribution in [0.3, 0.4) is 0 Å². The van der Waals surface area contributed by atoms with Crippen molar-refractivity contribution in [1.82, 2.24) is 25.1 Å². The van der Waals surface area contributed by atoms with Crippen LogP contribution in [0, 0.1) is 0 Å². The Bertz CT molecular complexity index is 1950. The molecule has 8 nitrogen and oxygen atoms in total. The highest BCUT2D eigenvalue weighted by molar-refractivity contribution is 5.94. The van der Waals surface area contributed by atoms with Gasteiger partial charge >= 0.3 is 5.97 Å². The number of benzene rings is 4. The lowest BCUT2D eigenvalue weighted by Crippen LogP contribution is -2.42. The number of ether oxygens (including phenoxy) is 1. The van der Waals surface area contributed by atoms with Crippen molar-refractivity contribution in [2.45, 2.75) is 45.5 Å². The number of hydrogen-bond acceptors (Lipinski definition) is 5. The number of imidazole rings is 1. The molecule has 7 rings (SSSR count). The van der Waals surface area contributed by atoms with Crippen molar-refractivity contribution in [2.75, 3.05) is 0 Å². The lowest BCUT2D eigenvalue weighted by Gasteiger charge is -2.21. The Morgan fingerprint density at radius 3 is 2.50 bits per heavy atom. The third kappa shape index (κ3) is 5.36. The van der Waals surface area contributed by atoms with Gasteiger partial charge in [-0.05, 0) is 58.5 Å². The van der Waals surface area contributed by atoms with E-state index in [1.807, 2.05) is 42.5 Å². The van der Waals surface area contributed by atoms with Crippen LogP contribution in [0.5, 0.6) is 5.75 Å². The highest BCUT2D eigenvalue weighted by Crippen LogP contribution is 2.34. The number of H-pyrrole nitrogens is 1. The minimum atomic E-state index is -0.866. The summed E-state index contributed by atoms with van der Waals surface area (Å²) < 4.78 is 8.26. The van der Waals surface area contributed by atoms with E-state index in [1.54, 1.807) is 0 Å². The van der Waals surface area contributed by atoms with Crippen molar-refractivity contribution < 1.29 is 14.6 Å². The Morgan fingerprint density at radius 2 is 1.75 bits per heavy atom. The predicted molar refractivity (Wildman–Crippen MR) is 170 cm³/mol. The Kier molecular flexibility index (Phi) is 7.42. The number of aliphatic carboxylic acids is 1. The highest BCUT2D eigenvalue weighted by atomic mass is 16.5. The summed E-state index contributed by atoms with van der Waals surface area (Å²) in [5, 5.41) is 21.7. The maximum Gasteiger partial charge on any atom is 0.321 e. The van der Waals surface area contributed by atoms with E-state index in [1.165, 1.54) is 5.56 Å². The van der Waals surface area contributed by atoms with Crippen LogP contribution in [-0.2, 0) is 37.3 Å². The Hall–Kier alpha value is -5.21. The van der Waals surface area contributed by atoms with Crippen LogP contribution in [0.1, 0.15) is 35.0 Å². The smallest absolute Gasteiger partial charge is 0.321 e. The lowest BCUT2D eigenvalue weighted by atomic mass is 9.96. The van der Waals surface area contributed by atoms with E-state index in [0.29, 0.717) is 26.1 Å². The second-order valence-electron chi connectivity index (χ2n) is 11.2. The van der Waals surface area contributed by atoms with Crippen molar-refractivity contribution in [3.63, 3.8) is 0 Å². The van der Waals surface area contributed by atoms with Gasteiger partial charge in [-0.25, -0.2) is 4.98 Å².